The molecule has 1 saturated heterocycles. The molecular weight excluding hydrogens is 236 g/mol. The molecule has 0 aromatic rings. The Morgan fingerprint density at radius 3 is 2.06 bits per heavy atom. The van der Waals surface area contributed by atoms with Crippen molar-refractivity contribution in [1.29, 1.82) is 0 Å². The fourth-order valence-corrected chi connectivity index (χ4v) is 1.27. The van der Waals surface area contributed by atoms with Gasteiger partial charge >= 0.3 is 6.09 Å². The quantitative estimate of drug-likeness (QED) is 0.559. The number of nitrogens with zero attached hydrogens (tertiary/aromatic N) is 2. The van der Waals surface area contributed by atoms with Gasteiger partial charge in [0.25, 0.3) is 0 Å². The molecule has 0 spiro atoms. The Morgan fingerprint density at radius 2 is 1.78 bits per heavy atom. The zero-order valence-electron chi connectivity index (χ0n) is 11.9. The van der Waals surface area contributed by atoms with E-state index in [1.165, 1.54) is 14.2 Å². The number of rotatable bonds is 2. The first-order chi connectivity index (χ1) is 8.30. The van der Waals surface area contributed by atoms with Crippen LogP contribution in [0.2, 0.25) is 0 Å². The molecule has 0 radical (unpaired) electrons. The fraction of sp³-hybridized carbons (Fsp3) is 0.833. The van der Waals surface area contributed by atoms with Gasteiger partial charge in [-0.05, 0) is 33.6 Å². The predicted octanol–water partition coefficient (Wildman–Crippen LogP) is 1.65. The molecule has 1 heterocycles. The van der Waals surface area contributed by atoms with Crippen molar-refractivity contribution in [2.45, 2.75) is 39.2 Å². The first-order valence-electron chi connectivity index (χ1n) is 6.00. The predicted molar refractivity (Wildman–Crippen MR) is 67.9 cm³/mol. The van der Waals surface area contributed by atoms with Gasteiger partial charge in [-0.3, -0.25) is 9.63 Å². The third kappa shape index (κ3) is 7.89. The van der Waals surface area contributed by atoms with Crippen LogP contribution in [0.3, 0.4) is 0 Å². The summed E-state index contributed by atoms with van der Waals surface area (Å²) in [5, 5.41) is 1.07. The number of hydrogen-bond acceptors (Lipinski definition) is 4. The van der Waals surface area contributed by atoms with Crippen LogP contribution in [0.1, 0.15) is 33.6 Å². The summed E-state index contributed by atoms with van der Waals surface area (Å²) in [5.74, 6) is 0. The summed E-state index contributed by atoms with van der Waals surface area (Å²) in [7, 11) is 2.95. The number of hydrogen-bond donors (Lipinski definition) is 0. The number of hydroxylamine groups is 2. The second-order valence-electron chi connectivity index (χ2n) is 5.01. The molecule has 6 nitrogen and oxygen atoms in total. The van der Waals surface area contributed by atoms with Gasteiger partial charge in [0.05, 0.1) is 7.11 Å². The number of carbonyl (C=O) groups excluding carboxylic acids is 2. The summed E-state index contributed by atoms with van der Waals surface area (Å²) in [6.07, 6.45) is 2.64. The van der Waals surface area contributed by atoms with Crippen molar-refractivity contribution in [1.82, 2.24) is 9.96 Å². The van der Waals surface area contributed by atoms with E-state index in [9.17, 15) is 9.59 Å². The minimum Gasteiger partial charge on any atom is -0.444 e. The summed E-state index contributed by atoms with van der Waals surface area (Å²) < 4.78 is 5.21. The maximum atomic E-state index is 11.4. The van der Waals surface area contributed by atoms with Gasteiger partial charge in [0.15, 0.2) is 0 Å². The monoisotopic (exact) mass is 260 g/mol. The van der Waals surface area contributed by atoms with Gasteiger partial charge in [0, 0.05) is 20.1 Å². The maximum absolute atomic E-state index is 11.4. The van der Waals surface area contributed by atoms with Crippen molar-refractivity contribution in [3.05, 3.63) is 0 Å². The van der Waals surface area contributed by atoms with Crippen molar-refractivity contribution in [2.24, 2.45) is 0 Å². The van der Waals surface area contributed by atoms with E-state index in [2.05, 4.69) is 4.84 Å². The Balaban J connectivity index is 0.000000411. The van der Waals surface area contributed by atoms with Crippen LogP contribution in [0, 0.1) is 0 Å². The van der Waals surface area contributed by atoms with Crippen LogP contribution in [0.15, 0.2) is 0 Å². The third-order valence-corrected chi connectivity index (χ3v) is 2.19. The summed E-state index contributed by atoms with van der Waals surface area (Å²) in [4.78, 5) is 27.0. The zero-order valence-corrected chi connectivity index (χ0v) is 11.9. The topological polar surface area (TPSA) is 59.1 Å². The standard InChI is InChI=1S/C9H17NO2.C3H7NO2/c1-9(2,3)12-8(11)10-6-4-5-7-10;1-4(3-5)6-2/h4-7H2,1-3H3;3H,1-2H3. The molecule has 2 amide bonds. The molecule has 18 heavy (non-hydrogen) atoms. The molecule has 0 aliphatic carbocycles. The Labute approximate surface area is 109 Å². The molecule has 1 aliphatic heterocycles. The van der Waals surface area contributed by atoms with Crippen molar-refractivity contribution in [2.75, 3.05) is 27.2 Å². The van der Waals surface area contributed by atoms with Crippen LogP contribution in [-0.4, -0.2) is 55.3 Å². The summed E-state index contributed by atoms with van der Waals surface area (Å²) >= 11 is 0. The van der Waals surface area contributed by atoms with Crippen molar-refractivity contribution < 1.29 is 19.2 Å². The Kier molecular flexibility index (Phi) is 7.35. The molecule has 1 fully saturated rings. The third-order valence-electron chi connectivity index (χ3n) is 2.19. The highest BCUT2D eigenvalue weighted by Crippen LogP contribution is 2.14. The molecule has 106 valence electrons. The summed E-state index contributed by atoms with van der Waals surface area (Å²) in [6, 6.07) is 0. The van der Waals surface area contributed by atoms with Crippen molar-refractivity contribution in [3.63, 3.8) is 0 Å². The first-order valence-corrected chi connectivity index (χ1v) is 6.00. The Bertz CT molecular complexity index is 257. The van der Waals surface area contributed by atoms with Crippen LogP contribution in [0.25, 0.3) is 0 Å². The second-order valence-corrected chi connectivity index (χ2v) is 5.01. The van der Waals surface area contributed by atoms with Gasteiger partial charge in [-0.2, -0.15) is 0 Å². The molecule has 0 aromatic carbocycles. The van der Waals surface area contributed by atoms with Gasteiger partial charge in [-0.15, -0.1) is 0 Å². The second kappa shape index (κ2) is 7.92. The molecule has 0 aromatic heterocycles. The molecule has 1 rings (SSSR count). The minimum absolute atomic E-state index is 0.167. The largest absolute Gasteiger partial charge is 0.444 e. The van der Waals surface area contributed by atoms with Crippen LogP contribution in [-0.2, 0) is 14.4 Å². The van der Waals surface area contributed by atoms with E-state index in [1.54, 1.807) is 4.90 Å². The Morgan fingerprint density at radius 1 is 1.28 bits per heavy atom. The number of amides is 2. The molecule has 1 aliphatic rings. The van der Waals surface area contributed by atoms with E-state index in [4.69, 9.17) is 4.74 Å². The average molecular weight is 260 g/mol. The lowest BCUT2D eigenvalue weighted by atomic mass is 10.2. The van der Waals surface area contributed by atoms with Crippen molar-refractivity contribution >= 4 is 12.5 Å². The normalized spacial score (nSPS) is 14.6. The van der Waals surface area contributed by atoms with Gasteiger partial charge in [-0.25, -0.2) is 9.86 Å². The molecule has 0 N–H and O–H groups in total. The van der Waals surface area contributed by atoms with Gasteiger partial charge in [-0.1, -0.05) is 0 Å². The van der Waals surface area contributed by atoms with E-state index in [1.807, 2.05) is 20.8 Å². The van der Waals surface area contributed by atoms with Gasteiger partial charge in [0.2, 0.25) is 6.41 Å². The van der Waals surface area contributed by atoms with Crippen LogP contribution < -0.4 is 0 Å². The molecule has 0 saturated carbocycles. The number of likely N-dealkylation sites (tertiary alicyclic amines) is 1. The maximum Gasteiger partial charge on any atom is 0.410 e. The van der Waals surface area contributed by atoms with Crippen molar-refractivity contribution in [3.8, 4) is 0 Å². The van der Waals surface area contributed by atoms with Gasteiger partial charge in [0.1, 0.15) is 5.60 Å². The fourth-order valence-electron chi connectivity index (χ4n) is 1.27. The highest BCUT2D eigenvalue weighted by atomic mass is 16.7. The lowest BCUT2D eigenvalue weighted by Crippen LogP contribution is -2.34. The van der Waals surface area contributed by atoms with Crippen LogP contribution in [0.5, 0.6) is 0 Å². The number of carbonyl (C=O) groups is 2. The van der Waals surface area contributed by atoms with E-state index < -0.39 is 0 Å². The van der Waals surface area contributed by atoms with Crippen LogP contribution in [0.4, 0.5) is 4.79 Å². The van der Waals surface area contributed by atoms with E-state index in [0.717, 1.165) is 31.0 Å². The molecular formula is C12H24N2O4. The highest BCUT2D eigenvalue weighted by Gasteiger charge is 2.23. The van der Waals surface area contributed by atoms with E-state index >= 15 is 0 Å². The van der Waals surface area contributed by atoms with E-state index in [0.29, 0.717) is 6.41 Å². The first kappa shape index (κ1) is 16.7. The average Bonchev–Trinajstić information content (AvgIpc) is 2.80. The Hall–Kier alpha value is -1.30. The highest BCUT2D eigenvalue weighted by molar-refractivity contribution is 5.68. The SMILES string of the molecule is CC(C)(C)OC(=O)N1CCCC1.CON(C)C=O. The molecule has 0 atom stereocenters. The lowest BCUT2D eigenvalue weighted by Gasteiger charge is -2.23. The molecule has 0 unspecified atom stereocenters. The lowest BCUT2D eigenvalue weighted by molar-refractivity contribution is -0.153. The summed E-state index contributed by atoms with van der Waals surface area (Å²) in [5.41, 5.74) is -0.361. The summed E-state index contributed by atoms with van der Waals surface area (Å²) in [6.45, 7) is 7.38. The number of ether oxygens (including phenoxy) is 1. The molecule has 0 bridgehead atoms. The smallest absolute Gasteiger partial charge is 0.410 e. The molecule has 6 heteroatoms. The van der Waals surface area contributed by atoms with Gasteiger partial charge < -0.3 is 9.64 Å². The minimum atomic E-state index is -0.361. The van der Waals surface area contributed by atoms with Crippen LogP contribution >= 0.6 is 0 Å². The zero-order chi connectivity index (χ0) is 14.2. The van der Waals surface area contributed by atoms with E-state index in [-0.39, 0.29) is 11.7 Å².